The lowest BCUT2D eigenvalue weighted by molar-refractivity contribution is 0.0936. The fourth-order valence-electron chi connectivity index (χ4n) is 5.04. The standard InChI is InChI=1S/C30H46ClNO7P2/c1-11-35-40(33,36-12-2)27(41(34,37-13-3)38-14-4)30(22-17-15-16-18-24(22)31)32-25-20-21(28(5,6)7)19-23(26(25)39-30)29(8,9)10/h15-20,27,32H,11-14H2,1-10H3. The van der Waals surface area contributed by atoms with Crippen molar-refractivity contribution in [3.8, 4) is 5.75 Å². The Morgan fingerprint density at radius 2 is 1.32 bits per heavy atom. The molecule has 0 radical (unpaired) electrons. The molecule has 1 aliphatic rings. The van der Waals surface area contributed by atoms with Crippen molar-refractivity contribution >= 4 is 32.5 Å². The highest BCUT2D eigenvalue weighted by Gasteiger charge is 2.67. The second kappa shape index (κ2) is 12.7. The summed E-state index contributed by atoms with van der Waals surface area (Å²) in [5, 5.41) is 2.23. The van der Waals surface area contributed by atoms with Crippen LogP contribution in [0.1, 0.15) is 85.9 Å². The minimum Gasteiger partial charge on any atom is -0.460 e. The van der Waals surface area contributed by atoms with Gasteiger partial charge in [-0.3, -0.25) is 9.13 Å². The zero-order valence-electron chi connectivity index (χ0n) is 26.0. The Morgan fingerprint density at radius 1 is 0.829 bits per heavy atom. The van der Waals surface area contributed by atoms with Gasteiger partial charge in [0.25, 0.3) is 0 Å². The second-order valence-electron chi connectivity index (χ2n) is 12.0. The van der Waals surface area contributed by atoms with Crippen LogP contribution >= 0.6 is 26.8 Å². The molecule has 1 unspecified atom stereocenters. The van der Waals surface area contributed by atoms with Gasteiger partial charge in [0, 0.05) is 16.1 Å². The third-order valence-corrected chi connectivity index (χ3v) is 13.2. The van der Waals surface area contributed by atoms with E-state index in [4.69, 9.17) is 34.4 Å². The lowest BCUT2D eigenvalue weighted by atomic mass is 9.80. The molecule has 0 saturated heterocycles. The van der Waals surface area contributed by atoms with Gasteiger partial charge in [0.05, 0.1) is 32.1 Å². The van der Waals surface area contributed by atoms with Gasteiger partial charge >= 0.3 is 15.2 Å². The van der Waals surface area contributed by atoms with Crippen LogP contribution in [0, 0.1) is 0 Å². The van der Waals surface area contributed by atoms with Gasteiger partial charge < -0.3 is 28.1 Å². The van der Waals surface area contributed by atoms with Crippen LogP contribution < -0.4 is 10.1 Å². The van der Waals surface area contributed by atoms with E-state index < -0.39 is 26.3 Å². The van der Waals surface area contributed by atoms with Crippen molar-refractivity contribution in [1.82, 2.24) is 0 Å². The third-order valence-electron chi connectivity index (χ3n) is 6.82. The van der Waals surface area contributed by atoms with E-state index in [0.29, 0.717) is 22.0 Å². The summed E-state index contributed by atoms with van der Waals surface area (Å²) in [4.78, 5) is 0. The van der Waals surface area contributed by atoms with E-state index in [1.807, 2.05) is 6.07 Å². The van der Waals surface area contributed by atoms with E-state index in [9.17, 15) is 9.13 Å². The molecule has 0 fully saturated rings. The molecule has 11 heteroatoms. The average molecular weight is 630 g/mol. The topological polar surface area (TPSA) is 92.3 Å². The van der Waals surface area contributed by atoms with Crippen LogP contribution in [0.25, 0.3) is 0 Å². The highest BCUT2D eigenvalue weighted by molar-refractivity contribution is 7.72. The number of nitrogens with one attached hydrogen (secondary N) is 1. The predicted octanol–water partition coefficient (Wildman–Crippen LogP) is 9.45. The summed E-state index contributed by atoms with van der Waals surface area (Å²) >= 11 is 6.86. The molecule has 2 aromatic rings. The molecule has 0 aromatic heterocycles. The van der Waals surface area contributed by atoms with Crippen LogP contribution in [-0.4, -0.2) is 31.8 Å². The maximum absolute atomic E-state index is 14.9. The summed E-state index contributed by atoms with van der Waals surface area (Å²) in [6.07, 6.45) is 0. The van der Waals surface area contributed by atoms with Crippen molar-refractivity contribution in [2.45, 2.75) is 91.2 Å². The van der Waals surface area contributed by atoms with Gasteiger partial charge in [-0.05, 0) is 56.2 Å². The lowest BCUT2D eigenvalue weighted by Gasteiger charge is -2.42. The van der Waals surface area contributed by atoms with Crippen LogP contribution in [0.4, 0.5) is 5.69 Å². The van der Waals surface area contributed by atoms with Gasteiger partial charge in [-0.1, -0.05) is 77.4 Å². The Bertz CT molecular complexity index is 1270. The minimum atomic E-state index is -4.30. The number of anilines is 1. The SMILES string of the molecule is CCOP(=O)(OCC)C(C1(c2ccccc2Cl)Nc2cc(C(C)(C)C)cc(C(C)(C)C)c2O1)P(=O)(OCC)OCC. The number of rotatable bonds is 12. The largest absolute Gasteiger partial charge is 0.460 e. The minimum absolute atomic E-state index is 0.0268. The Labute approximate surface area is 250 Å². The van der Waals surface area contributed by atoms with Crippen LogP contribution in [0.3, 0.4) is 0 Å². The summed E-state index contributed by atoms with van der Waals surface area (Å²) in [6, 6.07) is 11.2. The van der Waals surface area contributed by atoms with Crippen LogP contribution in [0.5, 0.6) is 5.75 Å². The molecule has 0 bridgehead atoms. The normalized spacial score (nSPS) is 17.9. The summed E-state index contributed by atoms with van der Waals surface area (Å²) in [5.74, 6) is 0.537. The molecular formula is C30H46ClNO7P2. The van der Waals surface area contributed by atoms with E-state index in [2.05, 4.69) is 52.9 Å². The molecule has 1 aliphatic heterocycles. The molecule has 0 saturated carbocycles. The molecule has 0 spiro atoms. The van der Waals surface area contributed by atoms with Crippen molar-refractivity contribution in [1.29, 1.82) is 0 Å². The van der Waals surface area contributed by atoms with Gasteiger partial charge in [-0.25, -0.2) is 0 Å². The highest BCUT2D eigenvalue weighted by atomic mass is 35.5. The fourth-order valence-corrected chi connectivity index (χ4v) is 11.1. The lowest BCUT2D eigenvalue weighted by Crippen LogP contribution is -2.49. The molecule has 1 heterocycles. The smallest absolute Gasteiger partial charge is 0.352 e. The zero-order chi connectivity index (χ0) is 30.9. The summed E-state index contributed by atoms with van der Waals surface area (Å²) in [5.41, 5.74) is 0.697. The molecule has 8 nitrogen and oxygen atoms in total. The second-order valence-corrected chi connectivity index (χ2v) is 17.0. The van der Waals surface area contributed by atoms with Crippen molar-refractivity contribution in [2.75, 3.05) is 31.7 Å². The third kappa shape index (κ3) is 6.75. The maximum Gasteiger partial charge on any atom is 0.352 e. The van der Waals surface area contributed by atoms with Gasteiger partial charge in [0.2, 0.25) is 11.1 Å². The van der Waals surface area contributed by atoms with E-state index in [0.717, 1.165) is 11.1 Å². The van der Waals surface area contributed by atoms with E-state index in [1.165, 1.54) is 0 Å². The van der Waals surface area contributed by atoms with Gasteiger partial charge in [-0.2, -0.15) is 0 Å². The van der Waals surface area contributed by atoms with Crippen LogP contribution in [0.2, 0.25) is 5.02 Å². The first-order valence-corrected chi connectivity index (χ1v) is 17.8. The van der Waals surface area contributed by atoms with Crippen molar-refractivity contribution in [2.24, 2.45) is 0 Å². The average Bonchev–Trinajstić information content (AvgIpc) is 3.22. The Kier molecular flexibility index (Phi) is 10.6. The van der Waals surface area contributed by atoms with Crippen LogP contribution in [-0.2, 0) is 43.8 Å². The first-order chi connectivity index (χ1) is 19.0. The Morgan fingerprint density at radius 3 is 1.73 bits per heavy atom. The molecule has 41 heavy (non-hydrogen) atoms. The Balaban J connectivity index is 2.52. The Hall–Kier alpha value is -1.37. The van der Waals surface area contributed by atoms with Crippen molar-refractivity contribution in [3.05, 3.63) is 58.1 Å². The van der Waals surface area contributed by atoms with Crippen molar-refractivity contribution in [3.63, 3.8) is 0 Å². The molecule has 0 aliphatic carbocycles. The molecule has 1 atom stereocenters. The summed E-state index contributed by atoms with van der Waals surface area (Å²) < 4.78 is 60.3. The maximum atomic E-state index is 14.9. The van der Waals surface area contributed by atoms with Gasteiger partial charge in [0.1, 0.15) is 5.75 Å². The monoisotopic (exact) mass is 629 g/mol. The van der Waals surface area contributed by atoms with E-state index >= 15 is 0 Å². The summed E-state index contributed by atoms with van der Waals surface area (Å²) in [6.45, 7) is 19.6. The molecule has 3 rings (SSSR count). The van der Waals surface area contributed by atoms with E-state index in [1.54, 1.807) is 52.0 Å². The number of benzene rings is 2. The number of hydrogen-bond acceptors (Lipinski definition) is 8. The van der Waals surface area contributed by atoms with Gasteiger partial charge in [-0.15, -0.1) is 0 Å². The van der Waals surface area contributed by atoms with E-state index in [-0.39, 0.29) is 37.3 Å². The fraction of sp³-hybridized carbons (Fsp3) is 0.600. The highest BCUT2D eigenvalue weighted by Crippen LogP contribution is 2.76. The number of ether oxygens (including phenoxy) is 1. The molecular weight excluding hydrogens is 584 g/mol. The number of halogens is 1. The van der Waals surface area contributed by atoms with Crippen LogP contribution in [0.15, 0.2) is 36.4 Å². The molecule has 2 aromatic carbocycles. The summed E-state index contributed by atoms with van der Waals surface area (Å²) in [7, 11) is -8.60. The predicted molar refractivity (Wildman–Crippen MR) is 167 cm³/mol. The molecule has 0 amide bonds. The van der Waals surface area contributed by atoms with Crippen molar-refractivity contribution < 1.29 is 32.0 Å². The number of hydrogen-bond donors (Lipinski definition) is 1. The first-order valence-electron chi connectivity index (χ1n) is 14.2. The van der Waals surface area contributed by atoms with Gasteiger partial charge in [0.15, 0.2) is 0 Å². The number of fused-ring (bicyclic) bond motifs is 1. The molecule has 230 valence electrons. The first kappa shape index (κ1) is 34.1. The quantitative estimate of drug-likeness (QED) is 0.232. The zero-order valence-corrected chi connectivity index (χ0v) is 28.5. The molecule has 1 N–H and O–H groups in total.